The molecule has 0 aliphatic rings. The monoisotopic (exact) mass is 668 g/mol. The maximum absolute atomic E-state index is 4.48. The first-order chi connectivity index (χ1) is 25.7. The van der Waals surface area contributed by atoms with E-state index in [1.54, 1.807) is 7.05 Å². The molecule has 0 atom stereocenters. The van der Waals surface area contributed by atoms with E-state index >= 15 is 0 Å². The van der Waals surface area contributed by atoms with Crippen molar-refractivity contribution in [2.45, 2.75) is 0 Å². The molecule has 6 nitrogen and oxygen atoms in total. The maximum Gasteiger partial charge on any atom is 0.231 e. The summed E-state index contributed by atoms with van der Waals surface area (Å²) in [5, 5.41) is 7.18. The highest BCUT2D eigenvalue weighted by atomic mass is 15.2. The molecule has 10 aromatic rings. The number of aliphatic imine (C=N–C) groups is 3. The molecular formula is C46H32N6. The summed E-state index contributed by atoms with van der Waals surface area (Å²) in [4.78, 5) is 12.8. The van der Waals surface area contributed by atoms with Gasteiger partial charge in [0.25, 0.3) is 0 Å². The van der Waals surface area contributed by atoms with Crippen molar-refractivity contribution in [3.05, 3.63) is 158 Å². The molecule has 10 rings (SSSR count). The molecule has 6 heteroatoms. The highest BCUT2D eigenvalue weighted by Crippen LogP contribution is 2.41. The molecule has 0 fully saturated rings. The van der Waals surface area contributed by atoms with Crippen LogP contribution < -0.4 is 0 Å². The van der Waals surface area contributed by atoms with Gasteiger partial charge in [-0.1, -0.05) is 91.0 Å². The van der Waals surface area contributed by atoms with Gasteiger partial charge in [-0.2, -0.15) is 0 Å². The van der Waals surface area contributed by atoms with Crippen LogP contribution in [0.15, 0.2) is 173 Å². The molecule has 246 valence electrons. The van der Waals surface area contributed by atoms with Crippen LogP contribution in [0.2, 0.25) is 0 Å². The highest BCUT2D eigenvalue weighted by Gasteiger charge is 2.20. The molecule has 0 radical (unpaired) electrons. The molecule has 7 aromatic carbocycles. The number of hydrogen-bond donors (Lipinski definition) is 0. The topological polar surface area (TPSA) is 51.9 Å². The van der Waals surface area contributed by atoms with Crippen molar-refractivity contribution in [3.8, 4) is 22.5 Å². The fourth-order valence-electron chi connectivity index (χ4n) is 8.13. The average Bonchev–Trinajstić information content (AvgIpc) is 3.84. The lowest BCUT2D eigenvalue weighted by atomic mass is 10.0. The number of hydrogen-bond acceptors (Lipinski definition) is 1. The van der Waals surface area contributed by atoms with E-state index in [-0.39, 0.29) is 0 Å². The summed E-state index contributed by atoms with van der Waals surface area (Å²) in [6, 6.07) is 56.8. The Hall–Kier alpha value is -7.05. The summed E-state index contributed by atoms with van der Waals surface area (Å²) < 4.78 is 6.91. The minimum Gasteiger partial charge on any atom is -0.309 e. The van der Waals surface area contributed by atoms with Gasteiger partial charge in [0.15, 0.2) is 0 Å². The van der Waals surface area contributed by atoms with Gasteiger partial charge in [-0.3, -0.25) is 14.6 Å². The second-order valence-corrected chi connectivity index (χ2v) is 13.0. The second kappa shape index (κ2) is 11.8. The molecule has 0 N–H and O–H groups in total. The Balaban J connectivity index is 1.20. The maximum atomic E-state index is 4.48. The molecule has 0 aliphatic heterocycles. The largest absolute Gasteiger partial charge is 0.309 e. The quantitative estimate of drug-likeness (QED) is 0.132. The predicted octanol–water partition coefficient (Wildman–Crippen LogP) is 11.2. The predicted molar refractivity (Wildman–Crippen MR) is 220 cm³/mol. The molecule has 0 unspecified atom stereocenters. The number of nitrogens with zero attached hydrogens (tertiary/aromatic N) is 6. The SMILES string of the molecule is C=NC=NC(=NC)n1c2ccccc2c2cc(-c3ccc4c(c3)c3ccccc3n4-c3cccc4c3c3ccccc3n4-c3ccccc3)ccc21. The molecule has 0 aliphatic carbocycles. The van der Waals surface area contributed by atoms with E-state index < -0.39 is 0 Å². The van der Waals surface area contributed by atoms with Crippen LogP contribution in [0.3, 0.4) is 0 Å². The highest BCUT2D eigenvalue weighted by molar-refractivity contribution is 6.18. The van der Waals surface area contributed by atoms with Gasteiger partial charge in [-0.05, 0) is 84.6 Å². The minimum absolute atomic E-state index is 0.558. The van der Waals surface area contributed by atoms with E-state index in [1.807, 2.05) is 6.07 Å². The third-order valence-corrected chi connectivity index (χ3v) is 10.3. The van der Waals surface area contributed by atoms with Crippen LogP contribution in [0.4, 0.5) is 0 Å². The van der Waals surface area contributed by atoms with Gasteiger partial charge in [-0.25, -0.2) is 4.99 Å². The third kappa shape index (κ3) is 4.34. The second-order valence-electron chi connectivity index (χ2n) is 13.0. The number of para-hydroxylation sites is 4. The minimum atomic E-state index is 0.558. The van der Waals surface area contributed by atoms with Crippen LogP contribution >= 0.6 is 0 Å². The Bertz CT molecular complexity index is 3100. The molecule has 0 amide bonds. The van der Waals surface area contributed by atoms with Crippen molar-refractivity contribution in [2.75, 3.05) is 7.05 Å². The lowest BCUT2D eigenvalue weighted by Gasteiger charge is -2.12. The Morgan fingerprint density at radius 3 is 1.75 bits per heavy atom. The van der Waals surface area contributed by atoms with E-state index in [0.717, 1.165) is 38.6 Å². The van der Waals surface area contributed by atoms with Crippen molar-refractivity contribution in [1.29, 1.82) is 0 Å². The Morgan fingerprint density at radius 1 is 0.500 bits per heavy atom. The van der Waals surface area contributed by atoms with E-state index in [9.17, 15) is 0 Å². The van der Waals surface area contributed by atoms with Gasteiger partial charge in [-0.15, -0.1) is 0 Å². The molecular weight excluding hydrogens is 637 g/mol. The van der Waals surface area contributed by atoms with Crippen LogP contribution in [-0.2, 0) is 0 Å². The van der Waals surface area contributed by atoms with E-state index in [1.165, 1.54) is 55.6 Å². The average molecular weight is 669 g/mol. The molecule has 3 heterocycles. The number of fused-ring (bicyclic) bond motifs is 9. The smallest absolute Gasteiger partial charge is 0.231 e. The lowest BCUT2D eigenvalue weighted by molar-refractivity contribution is 1.17. The molecule has 0 saturated carbocycles. The van der Waals surface area contributed by atoms with Gasteiger partial charge in [0.05, 0.1) is 38.8 Å². The van der Waals surface area contributed by atoms with E-state index in [2.05, 4.69) is 187 Å². The van der Waals surface area contributed by atoms with Gasteiger partial charge < -0.3 is 9.13 Å². The van der Waals surface area contributed by atoms with Gasteiger partial charge in [0.1, 0.15) is 6.34 Å². The first-order valence-corrected chi connectivity index (χ1v) is 17.4. The zero-order valence-electron chi connectivity index (χ0n) is 28.5. The van der Waals surface area contributed by atoms with Crippen molar-refractivity contribution in [2.24, 2.45) is 15.0 Å². The Morgan fingerprint density at radius 2 is 1.04 bits per heavy atom. The fourth-order valence-corrected chi connectivity index (χ4v) is 8.13. The summed E-state index contributed by atoms with van der Waals surface area (Å²) in [6.45, 7) is 3.55. The van der Waals surface area contributed by atoms with Crippen LogP contribution in [-0.4, -0.2) is 39.8 Å². The fraction of sp³-hybridized carbons (Fsp3) is 0.0217. The van der Waals surface area contributed by atoms with Crippen LogP contribution in [0.1, 0.15) is 0 Å². The molecule has 52 heavy (non-hydrogen) atoms. The third-order valence-electron chi connectivity index (χ3n) is 10.3. The van der Waals surface area contributed by atoms with Crippen molar-refractivity contribution < 1.29 is 0 Å². The lowest BCUT2D eigenvalue weighted by Crippen LogP contribution is -2.08. The van der Waals surface area contributed by atoms with Crippen LogP contribution in [0.25, 0.3) is 87.9 Å². The summed E-state index contributed by atoms with van der Waals surface area (Å²) in [5.41, 5.74) is 11.4. The zero-order chi connectivity index (χ0) is 34.8. The Labute approximate surface area is 299 Å². The Kier molecular flexibility index (Phi) is 6.76. The first kappa shape index (κ1) is 29.8. The first-order valence-electron chi connectivity index (χ1n) is 17.4. The number of benzene rings is 7. The summed E-state index contributed by atoms with van der Waals surface area (Å²) >= 11 is 0. The molecule has 0 saturated heterocycles. The van der Waals surface area contributed by atoms with Crippen LogP contribution in [0, 0.1) is 0 Å². The van der Waals surface area contributed by atoms with Gasteiger partial charge >= 0.3 is 0 Å². The van der Waals surface area contributed by atoms with Crippen molar-refractivity contribution >= 4 is 84.4 Å². The zero-order valence-corrected chi connectivity index (χ0v) is 28.5. The summed E-state index contributed by atoms with van der Waals surface area (Å²) in [7, 11) is 1.75. The van der Waals surface area contributed by atoms with Crippen LogP contribution in [0.5, 0.6) is 0 Å². The summed E-state index contributed by atoms with van der Waals surface area (Å²) in [5.74, 6) is 0.558. The van der Waals surface area contributed by atoms with Gasteiger partial charge in [0, 0.05) is 45.1 Å². The van der Waals surface area contributed by atoms with E-state index in [0.29, 0.717) is 5.96 Å². The standard InChI is InChI=1S/C46H32N6/c1-47-29-49-46(48-2)52-39-19-10-7-16-34(39)37-28-31(24-26-42(37)52)30-23-25-41-36(27-30)33-15-6-9-18-38(33)51(41)44-22-12-21-43-45(44)35-17-8-11-20-40(35)50(43)32-13-4-3-5-14-32/h3-29H,1H2,2H3. The van der Waals surface area contributed by atoms with Crippen molar-refractivity contribution in [3.63, 3.8) is 0 Å². The number of rotatable bonds is 4. The molecule has 0 spiro atoms. The molecule has 0 bridgehead atoms. The van der Waals surface area contributed by atoms with Gasteiger partial charge in [0.2, 0.25) is 5.96 Å². The van der Waals surface area contributed by atoms with E-state index in [4.69, 9.17) is 0 Å². The normalized spacial score (nSPS) is 12.4. The summed E-state index contributed by atoms with van der Waals surface area (Å²) in [6.07, 6.45) is 1.44. The van der Waals surface area contributed by atoms with Crippen molar-refractivity contribution in [1.82, 2.24) is 13.7 Å². The molecule has 3 aromatic heterocycles. The number of aromatic nitrogens is 3.